The van der Waals surface area contributed by atoms with Gasteiger partial charge in [0.15, 0.2) is 0 Å². The first-order valence-corrected chi connectivity index (χ1v) is 7.77. The molecule has 0 saturated heterocycles. The molecule has 2 heterocycles. The van der Waals surface area contributed by atoms with Gasteiger partial charge < -0.3 is 19.0 Å². The minimum absolute atomic E-state index is 0.000177. The third-order valence-corrected chi connectivity index (χ3v) is 4.60. The number of esters is 1. The van der Waals surface area contributed by atoms with Crippen LogP contribution in [0.5, 0.6) is 5.75 Å². The van der Waals surface area contributed by atoms with Crippen LogP contribution in [0.15, 0.2) is 17.1 Å². The van der Waals surface area contributed by atoms with E-state index in [-0.39, 0.29) is 17.6 Å². The van der Waals surface area contributed by atoms with Crippen LogP contribution < -0.4 is 10.2 Å². The first-order chi connectivity index (χ1) is 11.4. The van der Waals surface area contributed by atoms with Gasteiger partial charge in [-0.25, -0.2) is 4.79 Å². The van der Waals surface area contributed by atoms with E-state index in [2.05, 4.69) is 4.98 Å². The van der Waals surface area contributed by atoms with E-state index in [4.69, 9.17) is 9.47 Å². The summed E-state index contributed by atoms with van der Waals surface area (Å²) < 4.78 is 12.4. The number of H-pyrrole nitrogens is 1. The molecule has 3 rings (SSSR count). The van der Waals surface area contributed by atoms with Gasteiger partial charge in [0, 0.05) is 30.4 Å². The Morgan fingerprint density at radius 3 is 2.62 bits per heavy atom. The Hall–Kier alpha value is -2.76. The number of nitrogens with one attached hydrogen (secondary N) is 1. The predicted octanol–water partition coefficient (Wildman–Crippen LogP) is 2.82. The topological polar surface area (TPSA) is 73.3 Å². The highest BCUT2D eigenvalue weighted by molar-refractivity contribution is 6.11. The third kappa shape index (κ3) is 2.10. The fraction of sp³-hybridized carbons (Fsp3) is 0.333. The van der Waals surface area contributed by atoms with Crippen LogP contribution in [-0.2, 0) is 11.8 Å². The number of aryl methyl sites for hydroxylation is 2. The number of benzene rings is 1. The van der Waals surface area contributed by atoms with Crippen LogP contribution in [0.4, 0.5) is 0 Å². The molecule has 6 nitrogen and oxygen atoms in total. The van der Waals surface area contributed by atoms with E-state index in [0.717, 1.165) is 22.2 Å². The first kappa shape index (κ1) is 16.1. The van der Waals surface area contributed by atoms with E-state index in [1.807, 2.05) is 31.5 Å². The molecule has 0 aliphatic rings. The predicted molar refractivity (Wildman–Crippen MR) is 93.0 cm³/mol. The highest BCUT2D eigenvalue weighted by Crippen LogP contribution is 2.34. The molecule has 0 amide bonds. The zero-order valence-corrected chi connectivity index (χ0v) is 14.4. The summed E-state index contributed by atoms with van der Waals surface area (Å²) in [5.41, 5.74) is 3.18. The molecule has 0 bridgehead atoms. The maximum Gasteiger partial charge on any atom is 0.343 e. The van der Waals surface area contributed by atoms with Crippen molar-refractivity contribution in [1.82, 2.24) is 9.55 Å². The van der Waals surface area contributed by atoms with Gasteiger partial charge in [-0.3, -0.25) is 4.79 Å². The Kier molecular flexibility index (Phi) is 3.83. The molecule has 0 unspecified atom stereocenters. The maximum atomic E-state index is 13.0. The number of rotatable bonds is 3. The Balaban J connectivity index is 2.54. The monoisotopic (exact) mass is 328 g/mol. The smallest absolute Gasteiger partial charge is 0.343 e. The van der Waals surface area contributed by atoms with Gasteiger partial charge in [-0.1, -0.05) is 0 Å². The van der Waals surface area contributed by atoms with Gasteiger partial charge in [0.25, 0.3) is 0 Å². The normalized spacial score (nSPS) is 11.2. The van der Waals surface area contributed by atoms with E-state index < -0.39 is 5.97 Å². The van der Waals surface area contributed by atoms with Crippen LogP contribution in [0.3, 0.4) is 0 Å². The second-order valence-corrected chi connectivity index (χ2v) is 5.74. The summed E-state index contributed by atoms with van der Waals surface area (Å²) in [4.78, 5) is 28.1. The van der Waals surface area contributed by atoms with Crippen molar-refractivity contribution in [1.29, 1.82) is 0 Å². The molecule has 1 aromatic carbocycles. The number of fused-ring (bicyclic) bond motifs is 3. The zero-order chi connectivity index (χ0) is 17.6. The van der Waals surface area contributed by atoms with Crippen molar-refractivity contribution >= 4 is 27.8 Å². The average molecular weight is 328 g/mol. The van der Waals surface area contributed by atoms with Gasteiger partial charge in [0.05, 0.1) is 30.1 Å². The number of methoxy groups -OCH3 is 1. The fourth-order valence-corrected chi connectivity index (χ4v) is 3.14. The summed E-state index contributed by atoms with van der Waals surface area (Å²) in [6.07, 6.45) is 1.39. The van der Waals surface area contributed by atoms with Gasteiger partial charge >= 0.3 is 5.97 Å². The molecule has 0 atom stereocenters. The fourth-order valence-electron chi connectivity index (χ4n) is 3.14. The standard InChI is InChI=1S/C18H20N2O4/c1-6-24-18(22)11-8-19-16-13(23-5)7-12-14(15(16)17(11)21)9(2)10(3)20(12)4/h7-8H,6H2,1-5H3,(H,19,21). The lowest BCUT2D eigenvalue weighted by molar-refractivity contribution is 0.0524. The molecule has 0 fully saturated rings. The first-order valence-electron chi connectivity index (χ1n) is 7.77. The summed E-state index contributed by atoms with van der Waals surface area (Å²) in [5, 5.41) is 1.29. The van der Waals surface area contributed by atoms with Crippen LogP contribution in [0.25, 0.3) is 21.8 Å². The number of aromatic amines is 1. The summed E-state index contributed by atoms with van der Waals surface area (Å²) in [7, 11) is 3.50. The van der Waals surface area contributed by atoms with Gasteiger partial charge in [0.1, 0.15) is 11.3 Å². The Morgan fingerprint density at radius 1 is 1.29 bits per heavy atom. The van der Waals surface area contributed by atoms with Crippen molar-refractivity contribution in [2.24, 2.45) is 7.05 Å². The quantitative estimate of drug-likeness (QED) is 0.750. The average Bonchev–Trinajstić information content (AvgIpc) is 2.78. The largest absolute Gasteiger partial charge is 0.494 e. The summed E-state index contributed by atoms with van der Waals surface area (Å²) in [5.74, 6) is -0.0625. The SMILES string of the molecule is CCOC(=O)c1c[nH]c2c(OC)cc3c(c(C)c(C)n3C)c2c1=O. The number of ether oxygens (including phenoxy) is 2. The van der Waals surface area contributed by atoms with Crippen molar-refractivity contribution in [2.75, 3.05) is 13.7 Å². The molecule has 0 spiro atoms. The minimum atomic E-state index is -0.623. The Morgan fingerprint density at radius 2 is 2.00 bits per heavy atom. The molecule has 6 heteroatoms. The van der Waals surface area contributed by atoms with Gasteiger partial charge in [-0.05, 0) is 26.3 Å². The molecule has 0 aliphatic heterocycles. The number of carbonyl (C=O) groups excluding carboxylic acids is 1. The summed E-state index contributed by atoms with van der Waals surface area (Å²) >= 11 is 0. The molecule has 126 valence electrons. The molecule has 1 N–H and O–H groups in total. The highest BCUT2D eigenvalue weighted by atomic mass is 16.5. The lowest BCUT2D eigenvalue weighted by Crippen LogP contribution is -2.18. The van der Waals surface area contributed by atoms with E-state index in [1.54, 1.807) is 14.0 Å². The van der Waals surface area contributed by atoms with Gasteiger partial charge in [-0.15, -0.1) is 0 Å². The molecule has 0 saturated carbocycles. The molecule has 0 aliphatic carbocycles. The van der Waals surface area contributed by atoms with Crippen LogP contribution in [0.2, 0.25) is 0 Å². The third-order valence-electron chi connectivity index (χ3n) is 4.60. The lowest BCUT2D eigenvalue weighted by Gasteiger charge is -2.10. The summed E-state index contributed by atoms with van der Waals surface area (Å²) in [6.45, 7) is 5.89. The maximum absolute atomic E-state index is 13.0. The zero-order valence-electron chi connectivity index (χ0n) is 14.4. The van der Waals surface area contributed by atoms with E-state index in [1.165, 1.54) is 6.20 Å². The molecule has 2 aromatic heterocycles. The summed E-state index contributed by atoms with van der Waals surface area (Å²) in [6, 6.07) is 1.90. The Labute approximate surface area is 139 Å². The van der Waals surface area contributed by atoms with Crippen molar-refractivity contribution < 1.29 is 14.3 Å². The number of hydrogen-bond acceptors (Lipinski definition) is 4. The number of carbonyl (C=O) groups is 1. The van der Waals surface area contributed by atoms with E-state index in [9.17, 15) is 9.59 Å². The van der Waals surface area contributed by atoms with Gasteiger partial charge in [-0.2, -0.15) is 0 Å². The van der Waals surface area contributed by atoms with Crippen LogP contribution in [0, 0.1) is 13.8 Å². The lowest BCUT2D eigenvalue weighted by atomic mass is 10.0. The molecule has 0 radical (unpaired) electrons. The number of aromatic nitrogens is 2. The molecule has 24 heavy (non-hydrogen) atoms. The van der Waals surface area contributed by atoms with Crippen molar-refractivity contribution in [3.63, 3.8) is 0 Å². The molecular weight excluding hydrogens is 308 g/mol. The number of hydrogen-bond donors (Lipinski definition) is 1. The number of pyridine rings is 1. The van der Waals surface area contributed by atoms with E-state index >= 15 is 0 Å². The highest BCUT2D eigenvalue weighted by Gasteiger charge is 2.21. The van der Waals surface area contributed by atoms with E-state index in [0.29, 0.717) is 16.7 Å². The van der Waals surface area contributed by atoms with Crippen LogP contribution in [-0.4, -0.2) is 29.2 Å². The van der Waals surface area contributed by atoms with Crippen LogP contribution >= 0.6 is 0 Å². The number of nitrogens with zero attached hydrogens (tertiary/aromatic N) is 1. The Bertz CT molecular complexity index is 1030. The minimum Gasteiger partial charge on any atom is -0.494 e. The molecule has 3 aromatic rings. The van der Waals surface area contributed by atoms with Crippen molar-refractivity contribution in [2.45, 2.75) is 20.8 Å². The van der Waals surface area contributed by atoms with Crippen LogP contribution in [0.1, 0.15) is 28.5 Å². The van der Waals surface area contributed by atoms with Crippen molar-refractivity contribution in [3.8, 4) is 5.75 Å². The molecular formula is C18H20N2O4. The van der Waals surface area contributed by atoms with Crippen molar-refractivity contribution in [3.05, 3.63) is 39.3 Å². The second kappa shape index (κ2) is 5.70. The second-order valence-electron chi connectivity index (χ2n) is 5.74. The van der Waals surface area contributed by atoms with Gasteiger partial charge in [0.2, 0.25) is 5.43 Å².